The highest BCUT2D eigenvalue weighted by Gasteiger charge is 2.39. The van der Waals surface area contributed by atoms with Crippen molar-refractivity contribution in [2.75, 3.05) is 59.8 Å². The zero-order valence-corrected chi connectivity index (χ0v) is 32.7. The molecule has 57 heavy (non-hydrogen) atoms. The van der Waals surface area contributed by atoms with Gasteiger partial charge in [0.05, 0.1) is 11.4 Å². The number of aromatic nitrogens is 4. The number of hydrogen-bond acceptors (Lipinski definition) is 9. The number of amides is 2. The lowest BCUT2D eigenvalue weighted by molar-refractivity contribution is -0.137. The minimum absolute atomic E-state index is 0.0359. The number of anilines is 5. The molecule has 3 aromatic heterocycles. The van der Waals surface area contributed by atoms with Gasteiger partial charge in [-0.3, -0.25) is 19.4 Å². The average molecular weight is 784 g/mol. The third-order valence-corrected chi connectivity index (χ3v) is 11.8. The predicted molar refractivity (Wildman–Crippen MR) is 213 cm³/mol. The summed E-state index contributed by atoms with van der Waals surface area (Å²) in [4.78, 5) is 46.0. The normalized spacial score (nSPS) is 20.0. The van der Waals surface area contributed by atoms with Crippen molar-refractivity contribution in [3.8, 4) is 11.4 Å². The molecule has 2 fully saturated rings. The summed E-state index contributed by atoms with van der Waals surface area (Å²) in [7, 11) is 0. The second-order valence-corrected chi connectivity index (χ2v) is 16.3. The molecule has 2 amide bonds. The molecule has 2 N–H and O–H groups in total. The quantitative estimate of drug-likeness (QED) is 0.182. The van der Waals surface area contributed by atoms with Gasteiger partial charge in [0.15, 0.2) is 5.82 Å². The highest BCUT2D eigenvalue weighted by atomic mass is 19.4. The topological polar surface area (TPSA) is 121 Å². The zero-order chi connectivity index (χ0) is 40.2. The molecule has 15 heteroatoms. The van der Waals surface area contributed by atoms with Crippen molar-refractivity contribution >= 4 is 40.5 Å². The van der Waals surface area contributed by atoms with Gasteiger partial charge in [-0.15, -0.1) is 0 Å². The van der Waals surface area contributed by atoms with Crippen LogP contribution < -0.4 is 20.4 Å². The maximum atomic E-state index is 14.5. The molecule has 0 bridgehead atoms. The van der Waals surface area contributed by atoms with Gasteiger partial charge >= 0.3 is 6.18 Å². The first kappa shape index (κ1) is 38.6. The summed E-state index contributed by atoms with van der Waals surface area (Å²) in [5.74, 6) is -0.630. The number of piperazine rings is 1. The van der Waals surface area contributed by atoms with Crippen LogP contribution in [0.3, 0.4) is 0 Å². The third-order valence-electron chi connectivity index (χ3n) is 11.8. The molecule has 1 atom stereocenters. The van der Waals surface area contributed by atoms with Crippen LogP contribution in [0.4, 0.5) is 41.9 Å². The van der Waals surface area contributed by atoms with E-state index >= 15 is 0 Å². The summed E-state index contributed by atoms with van der Waals surface area (Å²) in [6.07, 6.45) is 2.47. The van der Waals surface area contributed by atoms with Gasteiger partial charge in [-0.05, 0) is 86.9 Å². The number of pyridine rings is 1. The molecule has 4 aromatic rings. The number of alkyl halides is 3. The first-order valence-corrected chi connectivity index (χ1v) is 19.6. The molecule has 1 aliphatic carbocycles. The Morgan fingerprint density at radius 1 is 1.05 bits per heavy atom. The Morgan fingerprint density at radius 2 is 1.84 bits per heavy atom. The molecule has 2 saturated heterocycles. The molecule has 12 nitrogen and oxygen atoms in total. The number of carbonyl (C=O) groups excluding carboxylic acids is 2. The Kier molecular flexibility index (Phi) is 10.1. The van der Waals surface area contributed by atoms with E-state index in [2.05, 4.69) is 67.3 Å². The molecule has 6 heterocycles. The highest BCUT2D eigenvalue weighted by molar-refractivity contribution is 6.06. The summed E-state index contributed by atoms with van der Waals surface area (Å²) in [5, 5.41) is 5.75. The molecule has 1 aromatic carbocycles. The van der Waals surface area contributed by atoms with Gasteiger partial charge in [0.2, 0.25) is 5.91 Å². The lowest BCUT2D eigenvalue weighted by atomic mass is 9.90. The van der Waals surface area contributed by atoms with E-state index in [0.717, 1.165) is 69.9 Å². The number of nitrogens with zero attached hydrogens (tertiary/aromatic N) is 7. The van der Waals surface area contributed by atoms with E-state index in [1.165, 1.54) is 17.5 Å². The smallest absolute Gasteiger partial charge is 0.381 e. The summed E-state index contributed by atoms with van der Waals surface area (Å²) in [6, 6.07) is 9.30. The third kappa shape index (κ3) is 7.50. The summed E-state index contributed by atoms with van der Waals surface area (Å²) < 4.78 is 51.1. The van der Waals surface area contributed by atoms with Gasteiger partial charge in [0.1, 0.15) is 22.9 Å². The molecule has 4 aliphatic rings. The maximum absolute atomic E-state index is 14.5. The van der Waals surface area contributed by atoms with Gasteiger partial charge in [0, 0.05) is 92.9 Å². The van der Waals surface area contributed by atoms with E-state index in [-0.39, 0.29) is 28.9 Å². The fourth-order valence-electron chi connectivity index (χ4n) is 8.98. The number of halogens is 3. The van der Waals surface area contributed by atoms with Crippen LogP contribution in [0.25, 0.3) is 11.4 Å². The Labute approximate surface area is 330 Å². The summed E-state index contributed by atoms with van der Waals surface area (Å²) >= 11 is 0. The van der Waals surface area contributed by atoms with Crippen LogP contribution in [-0.4, -0.2) is 87.7 Å². The Hall–Kier alpha value is -5.28. The molecule has 0 saturated carbocycles. The average Bonchev–Trinajstić information content (AvgIpc) is 3.67. The SMILES string of the molecule is C=CC(=O)Nc1cc(Nc2nc(-c3ccnc(N4CCn5c(cc6c5CC(C)(C)C6)C4=O)c3C)ncc2C(F)(F)F)ccc1N1CCN(C2CCOCC2)C[C@@H]1C. The number of hydrogen-bond donors (Lipinski definition) is 2. The zero-order valence-electron chi connectivity index (χ0n) is 32.7. The number of fused-ring (bicyclic) bond motifs is 3. The van der Waals surface area contributed by atoms with Gasteiger partial charge in [0.25, 0.3) is 5.91 Å². The number of ether oxygens (including phenoxy) is 1. The van der Waals surface area contributed by atoms with Crippen LogP contribution in [0.5, 0.6) is 0 Å². The van der Waals surface area contributed by atoms with E-state index in [4.69, 9.17) is 4.74 Å². The van der Waals surface area contributed by atoms with Crippen LogP contribution in [0.1, 0.15) is 66.5 Å². The lowest BCUT2D eigenvalue weighted by Crippen LogP contribution is -2.56. The number of benzene rings is 1. The molecule has 8 rings (SSSR count). The van der Waals surface area contributed by atoms with Crippen molar-refractivity contribution in [1.29, 1.82) is 0 Å². The van der Waals surface area contributed by atoms with E-state index in [1.807, 2.05) is 6.07 Å². The molecule has 0 spiro atoms. The van der Waals surface area contributed by atoms with Crippen molar-refractivity contribution < 1.29 is 27.5 Å². The Bertz CT molecular complexity index is 2230. The first-order valence-electron chi connectivity index (χ1n) is 19.6. The molecule has 3 aliphatic heterocycles. The Morgan fingerprint density at radius 3 is 2.58 bits per heavy atom. The monoisotopic (exact) mass is 783 g/mol. The fourth-order valence-corrected chi connectivity index (χ4v) is 8.98. The number of rotatable bonds is 8. The van der Waals surface area contributed by atoms with Gasteiger partial charge in [-0.2, -0.15) is 13.2 Å². The molecule has 0 radical (unpaired) electrons. The Balaban J connectivity index is 1.08. The van der Waals surface area contributed by atoms with Crippen LogP contribution >= 0.6 is 0 Å². The van der Waals surface area contributed by atoms with E-state index in [9.17, 15) is 22.8 Å². The van der Waals surface area contributed by atoms with Crippen molar-refractivity contribution in [2.45, 2.75) is 78.2 Å². The standard InChI is InChI=1S/C42H48F3N9O3/c1-6-36(55)49-32-20-28(7-8-33(32)52-14-13-51(24-25(52)2)29-10-17-57-18-11-29)48-38-31(42(43,44)45)23-47-37(50-38)30-9-12-46-39(26(30)3)54-16-15-53-34(40(54)56)19-27-21-41(4,5)22-35(27)53/h6-9,12,19-20,23,25,29H,1,10-11,13-18,21-22,24H2,2-5H3,(H,49,55)(H,47,48,50)/t25-/m0/s1. The van der Waals surface area contributed by atoms with E-state index in [0.29, 0.717) is 54.0 Å². The van der Waals surface area contributed by atoms with Crippen LogP contribution in [0.2, 0.25) is 0 Å². The minimum Gasteiger partial charge on any atom is -0.381 e. The second-order valence-electron chi connectivity index (χ2n) is 16.3. The lowest BCUT2D eigenvalue weighted by Gasteiger charge is -2.45. The van der Waals surface area contributed by atoms with E-state index < -0.39 is 23.5 Å². The molecular weight excluding hydrogens is 736 g/mol. The van der Waals surface area contributed by atoms with Crippen LogP contribution in [0.15, 0.2) is 55.4 Å². The molecular formula is C42H48F3N9O3. The summed E-state index contributed by atoms with van der Waals surface area (Å²) in [6.45, 7) is 16.8. The van der Waals surface area contributed by atoms with Crippen molar-refractivity contribution in [3.05, 3.63) is 83.5 Å². The fraction of sp³-hybridized carbons (Fsp3) is 0.452. The molecule has 0 unspecified atom stereocenters. The summed E-state index contributed by atoms with van der Waals surface area (Å²) in [5.41, 5.74) is 4.60. The van der Waals surface area contributed by atoms with Gasteiger partial charge < -0.3 is 24.8 Å². The van der Waals surface area contributed by atoms with Gasteiger partial charge in [-0.25, -0.2) is 15.0 Å². The van der Waals surface area contributed by atoms with Crippen LogP contribution in [-0.2, 0) is 35.1 Å². The van der Waals surface area contributed by atoms with Crippen molar-refractivity contribution in [1.82, 2.24) is 24.4 Å². The van der Waals surface area contributed by atoms with Gasteiger partial charge in [-0.1, -0.05) is 20.4 Å². The van der Waals surface area contributed by atoms with Crippen molar-refractivity contribution in [2.24, 2.45) is 5.41 Å². The number of nitrogens with one attached hydrogen (secondary N) is 2. The largest absolute Gasteiger partial charge is 0.421 e. The first-order chi connectivity index (χ1) is 27.2. The van der Waals surface area contributed by atoms with E-state index in [1.54, 1.807) is 36.1 Å². The maximum Gasteiger partial charge on any atom is 0.421 e. The number of carbonyl (C=O) groups is 2. The predicted octanol–water partition coefficient (Wildman–Crippen LogP) is 7.01. The van der Waals surface area contributed by atoms with Crippen molar-refractivity contribution in [3.63, 3.8) is 0 Å². The van der Waals surface area contributed by atoms with Crippen LogP contribution in [0, 0.1) is 12.3 Å². The second kappa shape index (κ2) is 14.9. The highest BCUT2D eigenvalue weighted by Crippen LogP contribution is 2.41. The molecule has 300 valence electrons. The minimum atomic E-state index is -4.77.